The highest BCUT2D eigenvalue weighted by Crippen LogP contribution is 2.15. The van der Waals surface area contributed by atoms with Crippen molar-refractivity contribution in [3.63, 3.8) is 0 Å². The molecule has 1 aliphatic rings. The molecule has 0 spiro atoms. The number of carbonyl (C=O) groups is 1. The smallest absolute Gasteiger partial charge is 0.307 e. The molecule has 0 aromatic heterocycles. The maximum atomic E-state index is 10.6. The van der Waals surface area contributed by atoms with E-state index in [1.807, 2.05) is 24.3 Å². The van der Waals surface area contributed by atoms with E-state index in [0.29, 0.717) is 6.04 Å². The second-order valence-electron chi connectivity index (χ2n) is 4.03. The number of nitrogens with one attached hydrogen (secondary N) is 2. The molecule has 1 unspecified atom stereocenters. The van der Waals surface area contributed by atoms with Crippen LogP contribution in [0.1, 0.15) is 17.2 Å². The fraction of sp³-hybridized carbons (Fsp3) is 0.417. The van der Waals surface area contributed by atoms with Crippen molar-refractivity contribution in [2.75, 3.05) is 19.6 Å². The number of hydrogen-bond acceptors (Lipinski definition) is 3. The number of rotatable bonds is 3. The number of carboxylic acid groups (broad SMARTS) is 1. The van der Waals surface area contributed by atoms with Crippen molar-refractivity contribution in [3.05, 3.63) is 35.4 Å². The molecule has 1 aromatic carbocycles. The SMILES string of the molecule is O=C(O)Cc1cccc(C2CNCCN2)c1. The molecule has 4 heteroatoms. The minimum absolute atomic E-state index is 0.0913. The van der Waals surface area contributed by atoms with Gasteiger partial charge >= 0.3 is 5.97 Å². The van der Waals surface area contributed by atoms with Gasteiger partial charge in [-0.05, 0) is 11.1 Å². The fourth-order valence-electron chi connectivity index (χ4n) is 1.98. The molecule has 4 nitrogen and oxygen atoms in total. The number of carboxylic acids is 1. The first kappa shape index (κ1) is 11.1. The van der Waals surface area contributed by atoms with Crippen LogP contribution in [0.4, 0.5) is 0 Å². The topological polar surface area (TPSA) is 61.4 Å². The number of piperazine rings is 1. The van der Waals surface area contributed by atoms with Gasteiger partial charge in [0.25, 0.3) is 0 Å². The Morgan fingerprint density at radius 3 is 3.00 bits per heavy atom. The van der Waals surface area contributed by atoms with E-state index in [-0.39, 0.29) is 6.42 Å². The molecule has 0 amide bonds. The monoisotopic (exact) mass is 220 g/mol. The van der Waals surface area contributed by atoms with Gasteiger partial charge in [0.2, 0.25) is 0 Å². The lowest BCUT2D eigenvalue weighted by Crippen LogP contribution is -2.42. The Morgan fingerprint density at radius 2 is 2.31 bits per heavy atom. The number of benzene rings is 1. The molecule has 0 bridgehead atoms. The highest BCUT2D eigenvalue weighted by molar-refractivity contribution is 5.70. The van der Waals surface area contributed by atoms with Gasteiger partial charge in [-0.15, -0.1) is 0 Å². The summed E-state index contributed by atoms with van der Waals surface area (Å²) >= 11 is 0. The summed E-state index contributed by atoms with van der Waals surface area (Å²) in [5, 5.41) is 15.5. The summed E-state index contributed by atoms with van der Waals surface area (Å²) in [7, 11) is 0. The largest absolute Gasteiger partial charge is 0.481 e. The van der Waals surface area contributed by atoms with Crippen LogP contribution in [0.2, 0.25) is 0 Å². The molecular formula is C12H16N2O2. The van der Waals surface area contributed by atoms with E-state index in [4.69, 9.17) is 5.11 Å². The van der Waals surface area contributed by atoms with Crippen LogP contribution >= 0.6 is 0 Å². The third kappa shape index (κ3) is 2.81. The van der Waals surface area contributed by atoms with E-state index in [0.717, 1.165) is 30.8 Å². The van der Waals surface area contributed by atoms with Crippen LogP contribution in [0.15, 0.2) is 24.3 Å². The van der Waals surface area contributed by atoms with Crippen LogP contribution in [-0.2, 0) is 11.2 Å². The molecule has 1 fully saturated rings. The van der Waals surface area contributed by atoms with Crippen LogP contribution < -0.4 is 10.6 Å². The lowest BCUT2D eigenvalue weighted by Gasteiger charge is -2.25. The second kappa shape index (κ2) is 5.09. The third-order valence-corrected chi connectivity index (χ3v) is 2.75. The lowest BCUT2D eigenvalue weighted by atomic mass is 10.0. The third-order valence-electron chi connectivity index (χ3n) is 2.75. The van der Waals surface area contributed by atoms with E-state index in [9.17, 15) is 4.79 Å². The van der Waals surface area contributed by atoms with E-state index >= 15 is 0 Å². The minimum atomic E-state index is -0.785. The Hall–Kier alpha value is -1.39. The normalized spacial score (nSPS) is 20.6. The van der Waals surface area contributed by atoms with Gasteiger partial charge in [-0.2, -0.15) is 0 Å². The summed E-state index contributed by atoms with van der Waals surface area (Å²) in [6.07, 6.45) is 0.0913. The Labute approximate surface area is 94.7 Å². The van der Waals surface area contributed by atoms with Crippen molar-refractivity contribution in [2.24, 2.45) is 0 Å². The maximum absolute atomic E-state index is 10.6. The summed E-state index contributed by atoms with van der Waals surface area (Å²) in [5.41, 5.74) is 2.02. The van der Waals surface area contributed by atoms with Gasteiger partial charge in [-0.25, -0.2) is 0 Å². The Morgan fingerprint density at radius 1 is 1.44 bits per heavy atom. The van der Waals surface area contributed by atoms with E-state index in [1.54, 1.807) is 0 Å². The van der Waals surface area contributed by atoms with Crippen molar-refractivity contribution in [3.8, 4) is 0 Å². The number of aliphatic carboxylic acids is 1. The summed E-state index contributed by atoms with van der Waals surface area (Å²) in [6, 6.07) is 8.08. The van der Waals surface area contributed by atoms with Crippen molar-refractivity contribution in [1.29, 1.82) is 0 Å². The molecular weight excluding hydrogens is 204 g/mol. The zero-order valence-electron chi connectivity index (χ0n) is 9.07. The molecule has 16 heavy (non-hydrogen) atoms. The number of hydrogen-bond donors (Lipinski definition) is 3. The van der Waals surface area contributed by atoms with Crippen LogP contribution in [-0.4, -0.2) is 30.7 Å². The van der Waals surface area contributed by atoms with Crippen molar-refractivity contribution in [2.45, 2.75) is 12.5 Å². The van der Waals surface area contributed by atoms with Gasteiger partial charge in [-0.1, -0.05) is 24.3 Å². The van der Waals surface area contributed by atoms with Crippen LogP contribution in [0, 0.1) is 0 Å². The van der Waals surface area contributed by atoms with Gasteiger partial charge in [0.15, 0.2) is 0 Å². The predicted octanol–water partition coefficient (Wildman–Crippen LogP) is 0.548. The molecule has 86 valence electrons. The molecule has 1 heterocycles. The molecule has 2 rings (SSSR count). The molecule has 1 saturated heterocycles. The Balaban J connectivity index is 2.11. The van der Waals surface area contributed by atoms with Crippen LogP contribution in [0.25, 0.3) is 0 Å². The zero-order valence-corrected chi connectivity index (χ0v) is 9.07. The molecule has 1 aliphatic heterocycles. The summed E-state index contributed by atoms with van der Waals surface area (Å²) in [6.45, 7) is 2.84. The first-order valence-electron chi connectivity index (χ1n) is 5.50. The minimum Gasteiger partial charge on any atom is -0.481 e. The predicted molar refractivity (Wildman–Crippen MR) is 61.4 cm³/mol. The highest BCUT2D eigenvalue weighted by atomic mass is 16.4. The first-order valence-corrected chi connectivity index (χ1v) is 5.50. The van der Waals surface area contributed by atoms with Crippen LogP contribution in [0.5, 0.6) is 0 Å². The summed E-state index contributed by atoms with van der Waals surface area (Å²) in [4.78, 5) is 10.6. The Kier molecular flexibility index (Phi) is 3.54. The van der Waals surface area contributed by atoms with Gasteiger partial charge in [0.05, 0.1) is 6.42 Å². The van der Waals surface area contributed by atoms with Crippen molar-refractivity contribution in [1.82, 2.24) is 10.6 Å². The van der Waals surface area contributed by atoms with E-state index < -0.39 is 5.97 Å². The molecule has 3 N–H and O–H groups in total. The standard InChI is InChI=1S/C12H16N2O2/c15-12(16)7-9-2-1-3-10(6-9)11-8-13-4-5-14-11/h1-3,6,11,13-14H,4-5,7-8H2,(H,15,16). The average molecular weight is 220 g/mol. The quantitative estimate of drug-likeness (QED) is 0.696. The van der Waals surface area contributed by atoms with E-state index in [2.05, 4.69) is 10.6 Å². The molecule has 1 aromatic rings. The van der Waals surface area contributed by atoms with Crippen LogP contribution in [0.3, 0.4) is 0 Å². The van der Waals surface area contributed by atoms with Crippen molar-refractivity contribution >= 4 is 5.97 Å². The lowest BCUT2D eigenvalue weighted by molar-refractivity contribution is -0.136. The molecule has 1 atom stereocenters. The maximum Gasteiger partial charge on any atom is 0.307 e. The van der Waals surface area contributed by atoms with Gasteiger partial charge < -0.3 is 15.7 Å². The van der Waals surface area contributed by atoms with Gasteiger partial charge in [0.1, 0.15) is 0 Å². The van der Waals surface area contributed by atoms with Crippen molar-refractivity contribution < 1.29 is 9.90 Å². The summed E-state index contributed by atoms with van der Waals surface area (Å²) in [5.74, 6) is -0.785. The van der Waals surface area contributed by atoms with E-state index in [1.165, 1.54) is 0 Å². The Bertz CT molecular complexity index is 373. The fourth-order valence-corrected chi connectivity index (χ4v) is 1.98. The van der Waals surface area contributed by atoms with Gasteiger partial charge in [0, 0.05) is 25.7 Å². The first-order chi connectivity index (χ1) is 7.75. The average Bonchev–Trinajstić information content (AvgIpc) is 2.30. The van der Waals surface area contributed by atoms with Gasteiger partial charge in [-0.3, -0.25) is 4.79 Å². The molecule has 0 radical (unpaired) electrons. The second-order valence-corrected chi connectivity index (χ2v) is 4.03. The molecule has 0 aliphatic carbocycles. The summed E-state index contributed by atoms with van der Waals surface area (Å²) < 4.78 is 0. The highest BCUT2D eigenvalue weighted by Gasteiger charge is 2.14. The zero-order chi connectivity index (χ0) is 11.4. The molecule has 0 saturated carbocycles.